The molecule has 65 valence electrons. The summed E-state index contributed by atoms with van der Waals surface area (Å²) in [6.45, 7) is -1.08. The van der Waals surface area contributed by atoms with E-state index in [0.717, 1.165) is 7.11 Å². The van der Waals surface area contributed by atoms with Gasteiger partial charge < -0.3 is 9.84 Å². The Labute approximate surface area is 71.9 Å². The number of carbonyl (C=O) groups is 1. The third-order valence-electron chi connectivity index (χ3n) is 0.639. The average Bonchev–Trinajstić information content (AvgIpc) is 1.65. The zero-order valence-corrected chi connectivity index (χ0v) is 6.51. The molecule has 0 unspecified atom stereocenters. The van der Waals surface area contributed by atoms with Crippen molar-refractivity contribution in [1.82, 2.24) is 0 Å². The van der Waals surface area contributed by atoms with Gasteiger partial charge in [-0.1, -0.05) is 0 Å². The molecule has 0 aliphatic heterocycles. The van der Waals surface area contributed by atoms with Crippen LogP contribution >= 0.6 is 0 Å². The molecule has 0 bridgehead atoms. The number of methoxy groups -OCH3 is 1. The van der Waals surface area contributed by atoms with Gasteiger partial charge in [-0.3, -0.25) is 0 Å². The number of ether oxygens (including phenoxy) is 1. The summed E-state index contributed by atoms with van der Waals surface area (Å²) in [5.74, 6) is -5.92. The van der Waals surface area contributed by atoms with Crippen LogP contribution in [0.3, 0.4) is 0 Å². The molecule has 1 radical (unpaired) electrons. The van der Waals surface area contributed by atoms with Crippen LogP contribution in [0.5, 0.6) is 0 Å². The topological polar surface area (TPSA) is 46.5 Å². The van der Waals surface area contributed by atoms with Crippen LogP contribution in [0, 0.1) is 0 Å². The molecule has 0 atom stereocenters. The van der Waals surface area contributed by atoms with E-state index >= 15 is 0 Å². The first-order valence-electron chi connectivity index (χ1n) is 2.11. The number of alkyl halides is 2. The maximum atomic E-state index is 11.8. The molecule has 0 spiro atoms. The van der Waals surface area contributed by atoms with Gasteiger partial charge in [-0.15, -0.1) is 0 Å². The molecule has 0 saturated heterocycles. The van der Waals surface area contributed by atoms with Gasteiger partial charge in [0.25, 0.3) is 0 Å². The maximum absolute atomic E-state index is 11.8. The maximum Gasteiger partial charge on any atom is 0.377 e. The first-order chi connectivity index (χ1) is 4.00. The molecule has 0 aromatic heterocycles. The minimum absolute atomic E-state index is 0. The van der Waals surface area contributed by atoms with Crippen molar-refractivity contribution in [3.63, 3.8) is 0 Å². The Kier molecular flexibility index (Phi) is 6.07. The second kappa shape index (κ2) is 4.79. The van der Waals surface area contributed by atoms with Crippen LogP contribution in [0.25, 0.3) is 0 Å². The van der Waals surface area contributed by atoms with E-state index in [1.807, 2.05) is 0 Å². The van der Waals surface area contributed by atoms with Gasteiger partial charge in [0, 0.05) is 29.5 Å². The molecule has 0 aromatic carbocycles. The zero-order valence-electron chi connectivity index (χ0n) is 5.03. The summed E-state index contributed by atoms with van der Waals surface area (Å²) in [4.78, 5) is 9.58. The largest absolute Gasteiger partial charge is 0.477 e. The minimum Gasteiger partial charge on any atom is -0.477 e. The molecule has 3 nitrogen and oxygen atoms in total. The molecular weight excluding hydrogens is 242 g/mol. The summed E-state index contributed by atoms with van der Waals surface area (Å²) < 4.78 is 27.6. The van der Waals surface area contributed by atoms with Crippen LogP contribution in [-0.2, 0) is 31.9 Å². The Hall–Kier alpha value is 0.0303. The van der Waals surface area contributed by atoms with E-state index in [4.69, 9.17) is 5.11 Å². The standard InChI is InChI=1S/C4H6F2O3.Ag/c1-9-2-4(5,6)3(7)8;/h2H2,1H3,(H,7,8);. The molecule has 10 heavy (non-hydrogen) atoms. The Morgan fingerprint density at radius 3 is 2.20 bits per heavy atom. The van der Waals surface area contributed by atoms with Crippen LogP contribution in [0.2, 0.25) is 0 Å². The van der Waals surface area contributed by atoms with Gasteiger partial charge in [-0.25, -0.2) is 4.79 Å². The van der Waals surface area contributed by atoms with E-state index in [0.29, 0.717) is 0 Å². The van der Waals surface area contributed by atoms with Crippen molar-refractivity contribution < 1.29 is 45.8 Å². The van der Waals surface area contributed by atoms with Crippen molar-refractivity contribution in [2.75, 3.05) is 13.7 Å². The van der Waals surface area contributed by atoms with E-state index in [1.165, 1.54) is 0 Å². The van der Waals surface area contributed by atoms with Crippen molar-refractivity contribution in [3.05, 3.63) is 0 Å². The summed E-state index contributed by atoms with van der Waals surface area (Å²) >= 11 is 0. The Bertz CT molecular complexity index is 117. The van der Waals surface area contributed by atoms with Gasteiger partial charge in [0.05, 0.1) is 0 Å². The van der Waals surface area contributed by atoms with Crippen molar-refractivity contribution >= 4 is 5.97 Å². The average molecular weight is 248 g/mol. The Morgan fingerprint density at radius 1 is 1.70 bits per heavy atom. The van der Waals surface area contributed by atoms with Gasteiger partial charge in [0.2, 0.25) is 0 Å². The summed E-state index contributed by atoms with van der Waals surface area (Å²) in [7, 11) is 1.01. The molecule has 1 N–H and O–H groups in total. The normalized spacial score (nSPS) is 10.3. The predicted octanol–water partition coefficient (Wildman–Crippen LogP) is 0.350. The predicted molar refractivity (Wildman–Crippen MR) is 24.5 cm³/mol. The van der Waals surface area contributed by atoms with E-state index in [9.17, 15) is 13.6 Å². The van der Waals surface area contributed by atoms with Crippen LogP contribution in [0.15, 0.2) is 0 Å². The third kappa shape index (κ3) is 3.95. The summed E-state index contributed by atoms with van der Waals surface area (Å²) in [6, 6.07) is 0. The molecule has 0 saturated carbocycles. The van der Waals surface area contributed by atoms with Crippen molar-refractivity contribution in [2.24, 2.45) is 0 Å². The Morgan fingerprint density at radius 2 is 2.10 bits per heavy atom. The number of aliphatic carboxylic acids is 1. The molecule has 0 aliphatic rings. The fourth-order valence-electron chi connectivity index (χ4n) is 0.243. The van der Waals surface area contributed by atoms with Crippen LogP contribution in [0.1, 0.15) is 0 Å². The molecule has 6 heteroatoms. The fourth-order valence-corrected chi connectivity index (χ4v) is 0.243. The third-order valence-corrected chi connectivity index (χ3v) is 0.639. The minimum atomic E-state index is -3.76. The second-order valence-electron chi connectivity index (χ2n) is 1.44. The number of hydrogen-bond donors (Lipinski definition) is 1. The van der Waals surface area contributed by atoms with E-state index in [2.05, 4.69) is 4.74 Å². The Balaban J connectivity index is 0. The van der Waals surface area contributed by atoms with Crippen LogP contribution < -0.4 is 0 Å². The molecule has 0 fully saturated rings. The second-order valence-corrected chi connectivity index (χ2v) is 1.44. The first-order valence-corrected chi connectivity index (χ1v) is 2.11. The SMILES string of the molecule is COCC(F)(F)C(=O)O.[Ag]. The van der Waals surface area contributed by atoms with Gasteiger partial charge in [-0.2, -0.15) is 8.78 Å². The smallest absolute Gasteiger partial charge is 0.377 e. The van der Waals surface area contributed by atoms with Crippen LogP contribution in [-0.4, -0.2) is 30.7 Å². The number of carboxylic acid groups (broad SMARTS) is 1. The van der Waals surface area contributed by atoms with Gasteiger partial charge in [0.15, 0.2) is 0 Å². The van der Waals surface area contributed by atoms with E-state index in [-0.39, 0.29) is 22.4 Å². The summed E-state index contributed by atoms with van der Waals surface area (Å²) in [6.07, 6.45) is 0. The number of carboxylic acids is 1. The van der Waals surface area contributed by atoms with E-state index < -0.39 is 18.5 Å². The summed E-state index contributed by atoms with van der Waals surface area (Å²) in [5.41, 5.74) is 0. The molecule has 0 rings (SSSR count). The van der Waals surface area contributed by atoms with Crippen molar-refractivity contribution in [2.45, 2.75) is 5.92 Å². The number of hydrogen-bond acceptors (Lipinski definition) is 2. The van der Waals surface area contributed by atoms with E-state index in [1.54, 1.807) is 0 Å². The van der Waals surface area contributed by atoms with Crippen molar-refractivity contribution in [1.29, 1.82) is 0 Å². The van der Waals surface area contributed by atoms with Gasteiger partial charge >= 0.3 is 11.9 Å². The molecule has 0 aromatic rings. The molecule has 0 aliphatic carbocycles. The fraction of sp³-hybridized carbons (Fsp3) is 0.750. The number of halogens is 2. The monoisotopic (exact) mass is 247 g/mol. The summed E-state index contributed by atoms with van der Waals surface area (Å²) in [5, 5.41) is 7.74. The van der Waals surface area contributed by atoms with Gasteiger partial charge in [0.1, 0.15) is 6.61 Å². The quantitative estimate of drug-likeness (QED) is 0.733. The van der Waals surface area contributed by atoms with Crippen molar-refractivity contribution in [3.8, 4) is 0 Å². The zero-order chi connectivity index (χ0) is 7.49. The number of rotatable bonds is 3. The first kappa shape index (κ1) is 12.7. The molecular formula is C4H6AgF2O3. The van der Waals surface area contributed by atoms with Gasteiger partial charge in [-0.05, 0) is 0 Å². The van der Waals surface area contributed by atoms with Crippen LogP contribution in [0.4, 0.5) is 8.78 Å². The molecule has 0 amide bonds. The molecule has 0 heterocycles.